The summed E-state index contributed by atoms with van der Waals surface area (Å²) >= 11 is 0. The van der Waals surface area contributed by atoms with E-state index in [1.54, 1.807) is 6.92 Å². The minimum Gasteiger partial charge on any atom is -0.352 e. The van der Waals surface area contributed by atoms with Crippen molar-refractivity contribution in [2.75, 3.05) is 13.1 Å². The van der Waals surface area contributed by atoms with Gasteiger partial charge in [-0.15, -0.1) is 0 Å². The Bertz CT molecular complexity index is 337. The molecular weight excluding hydrogens is 240 g/mol. The molecule has 2 atom stereocenters. The zero-order valence-corrected chi connectivity index (χ0v) is 12.2. The second-order valence-electron chi connectivity index (χ2n) is 6.11. The quantitative estimate of drug-likeness (QED) is 0.843. The summed E-state index contributed by atoms with van der Waals surface area (Å²) in [7, 11) is 0. The first-order valence-electron chi connectivity index (χ1n) is 7.63. The first-order valence-corrected chi connectivity index (χ1v) is 7.63. The van der Waals surface area contributed by atoms with Crippen LogP contribution in [0.2, 0.25) is 0 Å². The van der Waals surface area contributed by atoms with Crippen LogP contribution in [0.3, 0.4) is 0 Å². The number of carbonyl (C=O) groups is 2. The fourth-order valence-corrected chi connectivity index (χ4v) is 3.25. The van der Waals surface area contributed by atoms with Crippen LogP contribution >= 0.6 is 0 Å². The highest BCUT2D eigenvalue weighted by Gasteiger charge is 2.30. The van der Waals surface area contributed by atoms with Gasteiger partial charge in [0, 0.05) is 18.5 Å². The zero-order valence-electron chi connectivity index (χ0n) is 12.2. The molecule has 0 bridgehead atoms. The number of rotatable bonds is 4. The predicted octanol–water partition coefficient (Wildman–Crippen LogP) is 1.73. The lowest BCUT2D eigenvalue weighted by atomic mass is 9.93. The van der Waals surface area contributed by atoms with Gasteiger partial charge in [0.2, 0.25) is 5.91 Å². The van der Waals surface area contributed by atoms with Crippen LogP contribution in [0.25, 0.3) is 0 Å². The average molecular weight is 266 g/mol. The van der Waals surface area contributed by atoms with Gasteiger partial charge in [0.15, 0.2) is 0 Å². The minimum absolute atomic E-state index is 0.109. The molecule has 1 saturated carbocycles. The van der Waals surface area contributed by atoms with E-state index in [1.807, 2.05) is 6.92 Å². The minimum atomic E-state index is -0.109. The molecule has 2 aliphatic rings. The Kier molecular flexibility index (Phi) is 4.97. The molecule has 4 nitrogen and oxygen atoms in total. The van der Waals surface area contributed by atoms with E-state index in [-0.39, 0.29) is 23.7 Å². The van der Waals surface area contributed by atoms with Crippen molar-refractivity contribution in [2.24, 2.45) is 5.92 Å². The summed E-state index contributed by atoms with van der Waals surface area (Å²) in [6.45, 7) is 5.31. The zero-order chi connectivity index (χ0) is 13.8. The Balaban J connectivity index is 1.85. The van der Waals surface area contributed by atoms with Gasteiger partial charge < -0.3 is 5.32 Å². The molecule has 0 aromatic rings. The number of likely N-dealkylation sites (tertiary alicyclic amines) is 1. The molecule has 1 aliphatic heterocycles. The Morgan fingerprint density at radius 2 is 1.84 bits per heavy atom. The first-order chi connectivity index (χ1) is 9.08. The van der Waals surface area contributed by atoms with Crippen molar-refractivity contribution in [2.45, 2.75) is 64.5 Å². The molecule has 2 fully saturated rings. The van der Waals surface area contributed by atoms with Gasteiger partial charge in [0.25, 0.3) is 0 Å². The topological polar surface area (TPSA) is 49.4 Å². The maximum absolute atomic E-state index is 12.2. The molecule has 0 aromatic heterocycles. The van der Waals surface area contributed by atoms with Crippen molar-refractivity contribution in [3.63, 3.8) is 0 Å². The van der Waals surface area contributed by atoms with Gasteiger partial charge in [-0.3, -0.25) is 14.5 Å². The van der Waals surface area contributed by atoms with Crippen molar-refractivity contribution < 1.29 is 9.59 Å². The average Bonchev–Trinajstić information content (AvgIpc) is 2.90. The molecule has 1 N–H and O–H groups in total. The molecule has 2 rings (SSSR count). The van der Waals surface area contributed by atoms with Crippen molar-refractivity contribution in [1.82, 2.24) is 10.2 Å². The fraction of sp³-hybridized carbons (Fsp3) is 0.867. The van der Waals surface area contributed by atoms with Crippen LogP contribution in [0.5, 0.6) is 0 Å². The summed E-state index contributed by atoms with van der Waals surface area (Å²) in [6.07, 6.45) is 6.70. The van der Waals surface area contributed by atoms with Crippen LogP contribution in [0.1, 0.15) is 52.4 Å². The van der Waals surface area contributed by atoms with Crippen LogP contribution < -0.4 is 5.32 Å². The smallest absolute Gasteiger partial charge is 0.237 e. The summed E-state index contributed by atoms with van der Waals surface area (Å²) in [6, 6.07) is 0.270. The summed E-state index contributed by atoms with van der Waals surface area (Å²) < 4.78 is 0. The van der Waals surface area contributed by atoms with Crippen LogP contribution in [0.15, 0.2) is 0 Å². The van der Waals surface area contributed by atoms with Crippen LogP contribution in [0, 0.1) is 5.92 Å². The SMILES string of the molecule is CC(=O)C1CCCN(C(C)C(=O)NC2CCCC2)C1. The van der Waals surface area contributed by atoms with Crippen molar-refractivity contribution in [1.29, 1.82) is 0 Å². The number of piperidine rings is 1. The molecule has 19 heavy (non-hydrogen) atoms. The lowest BCUT2D eigenvalue weighted by Gasteiger charge is -2.35. The second-order valence-corrected chi connectivity index (χ2v) is 6.11. The summed E-state index contributed by atoms with van der Waals surface area (Å²) in [5.74, 6) is 0.514. The largest absolute Gasteiger partial charge is 0.352 e. The highest BCUT2D eigenvalue weighted by molar-refractivity contribution is 5.82. The molecule has 1 aliphatic carbocycles. The van der Waals surface area contributed by atoms with E-state index in [0.29, 0.717) is 6.04 Å². The van der Waals surface area contributed by atoms with Crippen LogP contribution in [-0.4, -0.2) is 41.8 Å². The number of Topliss-reactive ketones (excluding diaryl/α,β-unsaturated/α-hetero) is 1. The number of hydrogen-bond donors (Lipinski definition) is 1. The molecule has 0 spiro atoms. The molecule has 108 valence electrons. The van der Waals surface area contributed by atoms with Gasteiger partial charge in [-0.2, -0.15) is 0 Å². The Morgan fingerprint density at radius 3 is 2.47 bits per heavy atom. The Morgan fingerprint density at radius 1 is 1.16 bits per heavy atom. The summed E-state index contributed by atoms with van der Waals surface area (Å²) in [5.41, 5.74) is 0. The van der Waals surface area contributed by atoms with E-state index in [4.69, 9.17) is 0 Å². The Hall–Kier alpha value is -0.900. The number of amides is 1. The van der Waals surface area contributed by atoms with Gasteiger partial charge in [-0.25, -0.2) is 0 Å². The molecule has 1 saturated heterocycles. The molecule has 0 radical (unpaired) electrons. The van der Waals surface area contributed by atoms with E-state index in [0.717, 1.165) is 38.8 Å². The van der Waals surface area contributed by atoms with Gasteiger partial charge in [0.05, 0.1) is 6.04 Å². The number of hydrogen-bond acceptors (Lipinski definition) is 3. The van der Waals surface area contributed by atoms with Gasteiger partial charge in [0.1, 0.15) is 5.78 Å². The van der Waals surface area contributed by atoms with Gasteiger partial charge >= 0.3 is 0 Å². The summed E-state index contributed by atoms with van der Waals surface area (Å²) in [5, 5.41) is 3.15. The number of nitrogens with zero attached hydrogens (tertiary/aromatic N) is 1. The number of carbonyl (C=O) groups excluding carboxylic acids is 2. The number of ketones is 1. The molecular formula is C15H26N2O2. The molecule has 1 heterocycles. The maximum atomic E-state index is 12.2. The normalized spacial score (nSPS) is 27.2. The summed E-state index contributed by atoms with van der Waals surface area (Å²) in [4.78, 5) is 25.9. The first kappa shape index (κ1) is 14.5. The molecule has 4 heteroatoms. The lowest BCUT2D eigenvalue weighted by Crippen LogP contribution is -2.51. The van der Waals surface area contributed by atoms with E-state index in [2.05, 4.69) is 10.2 Å². The highest BCUT2D eigenvalue weighted by atomic mass is 16.2. The lowest BCUT2D eigenvalue weighted by molar-refractivity contribution is -0.129. The van der Waals surface area contributed by atoms with Crippen LogP contribution in [-0.2, 0) is 9.59 Å². The third kappa shape index (κ3) is 3.78. The van der Waals surface area contributed by atoms with Crippen molar-refractivity contribution in [3.8, 4) is 0 Å². The third-order valence-corrected chi connectivity index (χ3v) is 4.66. The van der Waals surface area contributed by atoms with Crippen molar-refractivity contribution >= 4 is 11.7 Å². The highest BCUT2D eigenvalue weighted by Crippen LogP contribution is 2.21. The second kappa shape index (κ2) is 6.51. The maximum Gasteiger partial charge on any atom is 0.237 e. The molecule has 2 unspecified atom stereocenters. The molecule has 1 amide bonds. The monoisotopic (exact) mass is 266 g/mol. The van der Waals surface area contributed by atoms with Crippen molar-refractivity contribution in [3.05, 3.63) is 0 Å². The predicted molar refractivity (Wildman–Crippen MR) is 74.8 cm³/mol. The number of nitrogens with one attached hydrogen (secondary N) is 1. The van der Waals surface area contributed by atoms with Gasteiger partial charge in [-0.1, -0.05) is 12.8 Å². The van der Waals surface area contributed by atoms with E-state index >= 15 is 0 Å². The Labute approximate surface area is 115 Å². The molecule has 0 aromatic carbocycles. The standard InChI is InChI=1S/C15H26N2O2/c1-11(15(19)16-14-7-3-4-8-14)17-9-5-6-13(10-17)12(2)18/h11,13-14H,3-10H2,1-2H3,(H,16,19). The van der Waals surface area contributed by atoms with Crippen LogP contribution in [0.4, 0.5) is 0 Å². The van der Waals surface area contributed by atoms with Gasteiger partial charge in [-0.05, 0) is 46.1 Å². The van der Waals surface area contributed by atoms with E-state index in [9.17, 15) is 9.59 Å². The third-order valence-electron chi connectivity index (χ3n) is 4.66. The van der Waals surface area contributed by atoms with E-state index < -0.39 is 0 Å². The van der Waals surface area contributed by atoms with E-state index in [1.165, 1.54) is 12.8 Å². The fourth-order valence-electron chi connectivity index (χ4n) is 3.25.